The van der Waals surface area contributed by atoms with Gasteiger partial charge in [-0.3, -0.25) is 9.59 Å². The van der Waals surface area contributed by atoms with E-state index in [1.165, 1.54) is 29.2 Å². The number of hydrogen-bond acceptors (Lipinski definition) is 4. The Hall–Kier alpha value is -3.09. The quantitative estimate of drug-likeness (QED) is 0.645. The average molecular weight is 416 g/mol. The van der Waals surface area contributed by atoms with Crippen molar-refractivity contribution in [2.75, 3.05) is 20.3 Å². The first-order valence-corrected chi connectivity index (χ1v) is 9.88. The van der Waals surface area contributed by atoms with E-state index in [-0.39, 0.29) is 30.8 Å². The first-order chi connectivity index (χ1) is 14.3. The van der Waals surface area contributed by atoms with E-state index in [0.29, 0.717) is 24.0 Å². The maximum atomic E-state index is 13.1. The van der Waals surface area contributed by atoms with Crippen molar-refractivity contribution in [3.05, 3.63) is 59.9 Å². The number of rotatable bonds is 10. The summed E-state index contributed by atoms with van der Waals surface area (Å²) in [4.78, 5) is 27.0. The van der Waals surface area contributed by atoms with Gasteiger partial charge >= 0.3 is 0 Å². The van der Waals surface area contributed by atoms with Crippen LogP contribution >= 0.6 is 0 Å². The Labute approximate surface area is 177 Å². The number of benzene rings is 2. The number of ether oxygens (including phenoxy) is 2. The molecule has 0 aromatic heterocycles. The molecular weight excluding hydrogens is 387 g/mol. The number of hydrogen-bond donors (Lipinski definition) is 1. The van der Waals surface area contributed by atoms with E-state index in [9.17, 15) is 14.0 Å². The maximum absolute atomic E-state index is 13.1. The summed E-state index contributed by atoms with van der Waals surface area (Å²) in [6.07, 6.45) is 0. The molecule has 0 saturated carbocycles. The van der Waals surface area contributed by atoms with Crippen molar-refractivity contribution >= 4 is 11.8 Å². The monoisotopic (exact) mass is 416 g/mol. The summed E-state index contributed by atoms with van der Waals surface area (Å²) in [5.41, 5.74) is 0.827. The average Bonchev–Trinajstić information content (AvgIpc) is 2.74. The third-order valence-electron chi connectivity index (χ3n) is 4.51. The molecule has 0 unspecified atom stereocenters. The first kappa shape index (κ1) is 23.2. The minimum atomic E-state index is -0.695. The Morgan fingerprint density at radius 1 is 1.07 bits per heavy atom. The molecule has 7 heteroatoms. The number of amides is 2. The summed E-state index contributed by atoms with van der Waals surface area (Å²) in [6.45, 7) is 6.17. The summed E-state index contributed by atoms with van der Waals surface area (Å²) in [7, 11) is 1.57. The summed E-state index contributed by atoms with van der Waals surface area (Å²) in [6, 6.07) is 12.1. The highest BCUT2D eigenvalue weighted by Gasteiger charge is 2.26. The van der Waals surface area contributed by atoms with Gasteiger partial charge in [0, 0.05) is 13.1 Å². The number of methoxy groups -OCH3 is 1. The van der Waals surface area contributed by atoms with Crippen LogP contribution in [-0.4, -0.2) is 43.0 Å². The van der Waals surface area contributed by atoms with Gasteiger partial charge in [0.25, 0.3) is 5.91 Å². The maximum Gasteiger partial charge on any atom is 0.261 e. The number of nitrogens with one attached hydrogen (secondary N) is 1. The second kappa shape index (κ2) is 11.2. The molecule has 1 atom stereocenters. The molecule has 0 bridgehead atoms. The van der Waals surface area contributed by atoms with Crippen molar-refractivity contribution in [1.82, 2.24) is 10.2 Å². The van der Waals surface area contributed by atoms with Crippen molar-refractivity contribution in [2.24, 2.45) is 5.92 Å². The fourth-order valence-corrected chi connectivity index (χ4v) is 2.76. The highest BCUT2D eigenvalue weighted by molar-refractivity contribution is 5.87. The van der Waals surface area contributed by atoms with E-state index in [4.69, 9.17) is 9.47 Å². The molecule has 0 radical (unpaired) electrons. The highest BCUT2D eigenvalue weighted by Crippen LogP contribution is 2.17. The van der Waals surface area contributed by atoms with Gasteiger partial charge in [0.2, 0.25) is 5.91 Å². The Morgan fingerprint density at radius 3 is 2.40 bits per heavy atom. The van der Waals surface area contributed by atoms with Crippen LogP contribution < -0.4 is 14.8 Å². The van der Waals surface area contributed by atoms with Gasteiger partial charge < -0.3 is 19.7 Å². The summed E-state index contributed by atoms with van der Waals surface area (Å²) >= 11 is 0. The predicted octanol–water partition coefficient (Wildman–Crippen LogP) is 3.40. The summed E-state index contributed by atoms with van der Waals surface area (Å²) in [5.74, 6) is 0.368. The molecule has 0 saturated heterocycles. The van der Waals surface area contributed by atoms with Crippen LogP contribution in [0.1, 0.15) is 26.3 Å². The van der Waals surface area contributed by atoms with Crippen LogP contribution in [0.25, 0.3) is 0 Å². The zero-order valence-corrected chi connectivity index (χ0v) is 17.9. The Morgan fingerprint density at radius 2 is 1.77 bits per heavy atom. The molecule has 0 aliphatic heterocycles. The number of carbonyl (C=O) groups excluding carboxylic acids is 2. The standard InChI is InChI=1S/C23H29FN2O4/c1-16(2)13-25-23(28)17(3)26(14-18-6-5-7-21(12-18)29-4)22(27)15-30-20-10-8-19(24)9-11-20/h5-12,16-17H,13-15H2,1-4H3,(H,25,28)/t17-/m1/s1. The SMILES string of the molecule is COc1cccc(CN(C(=O)COc2ccc(F)cc2)[C@H](C)C(=O)NCC(C)C)c1. The second-order valence-corrected chi connectivity index (χ2v) is 7.43. The lowest BCUT2D eigenvalue weighted by Gasteiger charge is -2.29. The molecule has 30 heavy (non-hydrogen) atoms. The number of nitrogens with zero attached hydrogens (tertiary/aromatic N) is 1. The zero-order valence-electron chi connectivity index (χ0n) is 17.9. The molecule has 2 aromatic rings. The molecule has 2 rings (SSSR count). The lowest BCUT2D eigenvalue weighted by molar-refractivity contribution is -0.142. The largest absolute Gasteiger partial charge is 0.497 e. The molecule has 0 aliphatic carbocycles. The topological polar surface area (TPSA) is 67.9 Å². The molecule has 2 aromatic carbocycles. The van der Waals surface area contributed by atoms with Gasteiger partial charge in [-0.1, -0.05) is 26.0 Å². The van der Waals surface area contributed by atoms with Gasteiger partial charge in [0.05, 0.1) is 7.11 Å². The first-order valence-electron chi connectivity index (χ1n) is 9.88. The third-order valence-corrected chi connectivity index (χ3v) is 4.51. The molecule has 0 fully saturated rings. The van der Waals surface area contributed by atoms with E-state index in [1.54, 1.807) is 14.0 Å². The van der Waals surface area contributed by atoms with Crippen LogP contribution in [0.2, 0.25) is 0 Å². The van der Waals surface area contributed by atoms with Crippen LogP contribution in [0, 0.1) is 11.7 Å². The third kappa shape index (κ3) is 7.06. The highest BCUT2D eigenvalue weighted by atomic mass is 19.1. The van der Waals surface area contributed by atoms with E-state index in [0.717, 1.165) is 5.56 Å². The normalized spacial score (nSPS) is 11.7. The summed E-state index contributed by atoms with van der Waals surface area (Å²) in [5, 5.41) is 2.87. The van der Waals surface area contributed by atoms with Gasteiger partial charge in [0.1, 0.15) is 23.4 Å². The molecule has 6 nitrogen and oxygen atoms in total. The van der Waals surface area contributed by atoms with Crippen LogP contribution in [0.15, 0.2) is 48.5 Å². The van der Waals surface area contributed by atoms with Crippen molar-refractivity contribution in [3.63, 3.8) is 0 Å². The van der Waals surface area contributed by atoms with Crippen molar-refractivity contribution < 1.29 is 23.5 Å². The smallest absolute Gasteiger partial charge is 0.261 e. The summed E-state index contributed by atoms with van der Waals surface area (Å²) < 4.78 is 23.8. The predicted molar refractivity (Wildman–Crippen MR) is 113 cm³/mol. The number of carbonyl (C=O) groups is 2. The van der Waals surface area contributed by atoms with Gasteiger partial charge in [-0.2, -0.15) is 0 Å². The molecule has 1 N–H and O–H groups in total. The molecule has 0 aliphatic rings. The fraction of sp³-hybridized carbons (Fsp3) is 0.391. The van der Waals surface area contributed by atoms with E-state index in [1.807, 2.05) is 38.1 Å². The van der Waals surface area contributed by atoms with Crippen LogP contribution in [-0.2, 0) is 16.1 Å². The van der Waals surface area contributed by atoms with Crippen molar-refractivity contribution in [3.8, 4) is 11.5 Å². The van der Waals surface area contributed by atoms with Crippen LogP contribution in [0.4, 0.5) is 4.39 Å². The Kier molecular flexibility index (Phi) is 8.65. The van der Waals surface area contributed by atoms with Gasteiger partial charge in [-0.25, -0.2) is 4.39 Å². The number of halogens is 1. The zero-order chi connectivity index (χ0) is 22.1. The minimum Gasteiger partial charge on any atom is -0.497 e. The lowest BCUT2D eigenvalue weighted by Crippen LogP contribution is -2.49. The van der Waals surface area contributed by atoms with Gasteiger partial charge in [-0.15, -0.1) is 0 Å². The Bertz CT molecular complexity index is 839. The van der Waals surface area contributed by atoms with E-state index >= 15 is 0 Å². The molecule has 2 amide bonds. The van der Waals surface area contributed by atoms with Crippen molar-refractivity contribution in [2.45, 2.75) is 33.4 Å². The molecule has 0 heterocycles. The van der Waals surface area contributed by atoms with E-state index in [2.05, 4.69) is 5.32 Å². The van der Waals surface area contributed by atoms with Crippen molar-refractivity contribution in [1.29, 1.82) is 0 Å². The molecule has 162 valence electrons. The minimum absolute atomic E-state index is 0.221. The molecular formula is C23H29FN2O4. The second-order valence-electron chi connectivity index (χ2n) is 7.43. The van der Waals surface area contributed by atoms with E-state index < -0.39 is 6.04 Å². The lowest BCUT2D eigenvalue weighted by atomic mass is 10.1. The Balaban J connectivity index is 2.14. The van der Waals surface area contributed by atoms with Gasteiger partial charge in [-0.05, 0) is 54.8 Å². The fourth-order valence-electron chi connectivity index (χ4n) is 2.76. The van der Waals surface area contributed by atoms with Crippen LogP contribution in [0.3, 0.4) is 0 Å². The van der Waals surface area contributed by atoms with Crippen LogP contribution in [0.5, 0.6) is 11.5 Å². The molecule has 0 spiro atoms. The van der Waals surface area contributed by atoms with Gasteiger partial charge in [0.15, 0.2) is 6.61 Å².